The van der Waals surface area contributed by atoms with Gasteiger partial charge in [-0.05, 0) is 68.0 Å². The van der Waals surface area contributed by atoms with Crippen molar-refractivity contribution >= 4 is 17.2 Å². The summed E-state index contributed by atoms with van der Waals surface area (Å²) in [5.74, 6) is 0.539. The van der Waals surface area contributed by atoms with Crippen LogP contribution in [0.25, 0.3) is 5.65 Å². The van der Waals surface area contributed by atoms with Crippen LogP contribution in [0.5, 0.6) is 0 Å². The number of nitrogens with one attached hydrogen (secondary N) is 2. The monoisotopic (exact) mass is 445 g/mol. The van der Waals surface area contributed by atoms with Crippen LogP contribution < -0.4 is 21.1 Å². The fourth-order valence-corrected chi connectivity index (χ4v) is 4.68. The van der Waals surface area contributed by atoms with Gasteiger partial charge < -0.3 is 15.5 Å². The fraction of sp³-hybridized carbons (Fsp3) is 0.423. The van der Waals surface area contributed by atoms with E-state index in [2.05, 4.69) is 44.8 Å². The molecule has 7 heteroatoms. The number of piperidine rings is 1. The normalized spacial score (nSPS) is 18.8. The summed E-state index contributed by atoms with van der Waals surface area (Å²) in [6, 6.07) is 15.5. The van der Waals surface area contributed by atoms with Crippen LogP contribution in [0.2, 0.25) is 0 Å². The number of benzene rings is 1. The highest BCUT2D eigenvalue weighted by Crippen LogP contribution is 2.26. The largest absolute Gasteiger partial charge is 0.370 e. The molecule has 2 fully saturated rings. The molecular weight excluding hydrogens is 414 g/mol. The molecule has 2 aromatic heterocycles. The van der Waals surface area contributed by atoms with Gasteiger partial charge in [-0.15, -0.1) is 0 Å². The number of hydrogen-bond acceptors (Lipinski definition) is 5. The number of anilines is 1. The van der Waals surface area contributed by atoms with Crippen molar-refractivity contribution in [3.05, 3.63) is 76.3 Å². The molecule has 1 saturated heterocycles. The number of fused-ring (bicyclic) bond motifs is 1. The molecule has 33 heavy (non-hydrogen) atoms. The molecule has 0 spiro atoms. The molecule has 1 amide bonds. The lowest BCUT2D eigenvalue weighted by Gasteiger charge is -2.36. The lowest BCUT2D eigenvalue weighted by Crippen LogP contribution is -2.47. The topological polar surface area (TPSA) is 78.7 Å². The van der Waals surface area contributed by atoms with Crippen molar-refractivity contribution < 1.29 is 4.79 Å². The van der Waals surface area contributed by atoms with E-state index in [-0.39, 0.29) is 17.2 Å². The molecule has 3 aromatic rings. The van der Waals surface area contributed by atoms with E-state index < -0.39 is 0 Å². The van der Waals surface area contributed by atoms with Crippen LogP contribution in [0.1, 0.15) is 48.2 Å². The van der Waals surface area contributed by atoms with Crippen molar-refractivity contribution in [2.45, 2.75) is 44.7 Å². The Hall–Kier alpha value is -3.19. The summed E-state index contributed by atoms with van der Waals surface area (Å²) in [6.07, 6.45) is 8.26. The number of carbonyl (C=O) groups is 1. The van der Waals surface area contributed by atoms with E-state index >= 15 is 0 Å². The number of amides is 1. The van der Waals surface area contributed by atoms with Gasteiger partial charge in [0.05, 0.1) is 0 Å². The van der Waals surface area contributed by atoms with E-state index in [1.54, 1.807) is 24.4 Å². The number of aromatic nitrogens is 2. The molecule has 0 bridgehead atoms. The maximum absolute atomic E-state index is 12.6. The van der Waals surface area contributed by atoms with Gasteiger partial charge in [-0.3, -0.25) is 14.0 Å². The minimum Gasteiger partial charge on any atom is -0.370 e. The van der Waals surface area contributed by atoms with Gasteiger partial charge in [-0.2, -0.15) is 0 Å². The predicted octanol–water partition coefficient (Wildman–Crippen LogP) is 2.98. The Bertz CT molecular complexity index is 1170. The molecule has 3 heterocycles. The van der Waals surface area contributed by atoms with Crippen molar-refractivity contribution in [1.82, 2.24) is 20.0 Å². The first-order valence-electron chi connectivity index (χ1n) is 12.0. The van der Waals surface area contributed by atoms with E-state index in [0.717, 1.165) is 31.1 Å². The van der Waals surface area contributed by atoms with Crippen LogP contribution in [0.3, 0.4) is 0 Å². The molecule has 1 saturated carbocycles. The van der Waals surface area contributed by atoms with Crippen LogP contribution in [0, 0.1) is 5.92 Å². The number of pyridine rings is 1. The highest BCUT2D eigenvalue weighted by molar-refractivity contribution is 5.92. The summed E-state index contributed by atoms with van der Waals surface area (Å²) < 4.78 is 1.42. The highest BCUT2D eigenvalue weighted by Gasteiger charge is 2.23. The molecule has 0 unspecified atom stereocenters. The highest BCUT2D eigenvalue weighted by atomic mass is 16.2. The van der Waals surface area contributed by atoms with Gasteiger partial charge in [0.15, 0.2) is 0 Å². The van der Waals surface area contributed by atoms with E-state index in [1.807, 2.05) is 0 Å². The Morgan fingerprint density at radius 1 is 1.06 bits per heavy atom. The van der Waals surface area contributed by atoms with Gasteiger partial charge in [0.1, 0.15) is 11.3 Å². The van der Waals surface area contributed by atoms with Gasteiger partial charge in [-0.1, -0.05) is 24.6 Å². The van der Waals surface area contributed by atoms with Crippen LogP contribution in [0.15, 0.2) is 59.5 Å². The molecule has 1 aliphatic heterocycles. The van der Waals surface area contributed by atoms with Crippen molar-refractivity contribution in [2.24, 2.45) is 5.92 Å². The minimum absolute atomic E-state index is 0.136. The van der Waals surface area contributed by atoms with Crippen molar-refractivity contribution in [1.29, 1.82) is 0 Å². The number of hydrogen-bond donors (Lipinski definition) is 2. The van der Waals surface area contributed by atoms with Gasteiger partial charge in [0, 0.05) is 43.6 Å². The van der Waals surface area contributed by atoms with Crippen LogP contribution in [-0.4, -0.2) is 41.0 Å². The molecule has 5 rings (SSSR count). The second-order valence-electron chi connectivity index (χ2n) is 9.25. The molecule has 2 N–H and O–H groups in total. The second-order valence-corrected chi connectivity index (χ2v) is 9.25. The average molecular weight is 446 g/mol. The molecule has 1 atom stereocenters. The fourth-order valence-electron chi connectivity index (χ4n) is 4.68. The van der Waals surface area contributed by atoms with E-state index in [0.29, 0.717) is 18.2 Å². The van der Waals surface area contributed by atoms with Crippen LogP contribution in [-0.2, 0) is 6.54 Å². The lowest BCUT2D eigenvalue weighted by atomic mass is 9.85. The summed E-state index contributed by atoms with van der Waals surface area (Å²) >= 11 is 0. The first kappa shape index (κ1) is 21.6. The van der Waals surface area contributed by atoms with Crippen molar-refractivity contribution in [2.75, 3.05) is 24.5 Å². The molecule has 2 aliphatic rings. The number of nitrogens with zero attached hydrogens (tertiary/aromatic N) is 3. The Morgan fingerprint density at radius 3 is 2.70 bits per heavy atom. The molecular formula is C26H31N5O2. The second kappa shape index (κ2) is 9.75. The zero-order chi connectivity index (χ0) is 22.6. The van der Waals surface area contributed by atoms with Crippen molar-refractivity contribution in [3.63, 3.8) is 0 Å². The maximum Gasteiger partial charge on any atom is 0.270 e. The zero-order valence-corrected chi connectivity index (χ0v) is 18.9. The number of rotatable bonds is 7. The Labute approximate surface area is 193 Å². The summed E-state index contributed by atoms with van der Waals surface area (Å²) in [7, 11) is 0. The Kier molecular flexibility index (Phi) is 6.39. The van der Waals surface area contributed by atoms with Crippen LogP contribution >= 0.6 is 0 Å². The Balaban J connectivity index is 1.16. The van der Waals surface area contributed by atoms with E-state index in [9.17, 15) is 9.59 Å². The van der Waals surface area contributed by atoms with E-state index in [4.69, 9.17) is 0 Å². The molecule has 7 nitrogen and oxygen atoms in total. The smallest absolute Gasteiger partial charge is 0.270 e. The third kappa shape index (κ3) is 5.09. The molecule has 172 valence electrons. The van der Waals surface area contributed by atoms with Gasteiger partial charge in [-0.25, -0.2) is 4.98 Å². The van der Waals surface area contributed by atoms with Gasteiger partial charge >= 0.3 is 0 Å². The lowest BCUT2D eigenvalue weighted by molar-refractivity contribution is 0.0946. The Morgan fingerprint density at radius 2 is 1.91 bits per heavy atom. The third-order valence-corrected chi connectivity index (χ3v) is 6.90. The number of carbonyl (C=O) groups excluding carboxylic acids is 1. The summed E-state index contributed by atoms with van der Waals surface area (Å²) in [4.78, 5) is 31.5. The van der Waals surface area contributed by atoms with Gasteiger partial charge in [0.2, 0.25) is 0 Å². The summed E-state index contributed by atoms with van der Waals surface area (Å²) in [5.41, 5.74) is 2.57. The van der Waals surface area contributed by atoms with E-state index in [1.165, 1.54) is 48.3 Å². The van der Waals surface area contributed by atoms with Gasteiger partial charge in [0.25, 0.3) is 11.5 Å². The minimum atomic E-state index is -0.348. The quantitative estimate of drug-likeness (QED) is 0.585. The summed E-state index contributed by atoms with van der Waals surface area (Å²) in [5, 5.41) is 6.66. The predicted molar refractivity (Wildman–Crippen MR) is 130 cm³/mol. The maximum atomic E-state index is 12.6. The summed E-state index contributed by atoms with van der Waals surface area (Å²) in [6.45, 7) is 3.68. The first-order chi connectivity index (χ1) is 16.2. The average Bonchev–Trinajstić information content (AvgIpc) is 2.82. The first-order valence-corrected chi connectivity index (χ1v) is 12.0. The van der Waals surface area contributed by atoms with Crippen LogP contribution in [0.4, 0.5) is 5.69 Å². The molecule has 1 aromatic carbocycles. The zero-order valence-electron chi connectivity index (χ0n) is 18.9. The molecule has 1 aliphatic carbocycles. The standard InChI is InChI=1S/C26H31N5O2/c32-25-15-23(29-24-8-1-2-14-31(24)25)26(33)28-17-20-9-11-22(12-10-20)30-13-4-7-21(18-30)27-16-19-5-3-6-19/h1-2,8-12,14-15,19,21,27H,3-7,13,16-18H2,(H,28,33)/t21-/m1/s1. The molecule has 0 radical (unpaired) electrons. The SMILES string of the molecule is O=C(NCc1ccc(N2CCC[C@@H](NCC3CCC3)C2)cc1)c1cc(=O)n2ccccc2n1. The third-order valence-electron chi connectivity index (χ3n) is 6.90. The van der Waals surface area contributed by atoms with Crippen molar-refractivity contribution in [3.8, 4) is 0 Å².